The van der Waals surface area contributed by atoms with Gasteiger partial charge in [0.2, 0.25) is 0 Å². The highest BCUT2D eigenvalue weighted by Gasteiger charge is 2.46. The van der Waals surface area contributed by atoms with Gasteiger partial charge in [-0.15, -0.1) is 0 Å². The molecule has 0 radical (unpaired) electrons. The van der Waals surface area contributed by atoms with Crippen LogP contribution in [-0.2, 0) is 9.59 Å². The zero-order valence-electron chi connectivity index (χ0n) is 20.3. The van der Waals surface area contributed by atoms with Crippen molar-refractivity contribution in [1.29, 1.82) is 0 Å². The fourth-order valence-corrected chi connectivity index (χ4v) is 4.44. The third-order valence-electron chi connectivity index (χ3n) is 6.21. The molecule has 4 rings (SSSR count). The van der Waals surface area contributed by atoms with Crippen molar-refractivity contribution in [2.75, 3.05) is 27.2 Å². The molecule has 0 saturated carbocycles. The van der Waals surface area contributed by atoms with Crippen molar-refractivity contribution in [2.45, 2.75) is 19.4 Å². The lowest BCUT2D eigenvalue weighted by Gasteiger charge is -2.25. The number of nitro benzene ring substituents is 1. The number of Topliss-reactive ketones (excluding diaryl/α,β-unsaturated/α-hetero) is 1. The number of non-ortho nitro benzene ring substituents is 1. The number of carbonyl (C=O) groups excluding carboxylic acids is 2. The van der Waals surface area contributed by atoms with E-state index in [4.69, 9.17) is 0 Å². The predicted molar refractivity (Wildman–Crippen MR) is 134 cm³/mol. The number of ketones is 1. The Kier molecular flexibility index (Phi) is 6.98. The maximum atomic E-state index is 13.2. The van der Waals surface area contributed by atoms with Gasteiger partial charge in [-0.25, -0.2) is 4.68 Å². The van der Waals surface area contributed by atoms with E-state index >= 15 is 0 Å². The summed E-state index contributed by atoms with van der Waals surface area (Å²) in [6, 6.07) is 14.1. The van der Waals surface area contributed by atoms with Crippen LogP contribution in [-0.4, -0.2) is 68.5 Å². The molecule has 36 heavy (non-hydrogen) atoms. The van der Waals surface area contributed by atoms with E-state index < -0.39 is 22.7 Å². The molecule has 10 heteroatoms. The van der Waals surface area contributed by atoms with Crippen molar-refractivity contribution < 1.29 is 19.6 Å². The normalized spacial score (nSPS) is 17.2. The van der Waals surface area contributed by atoms with Gasteiger partial charge in [-0.2, -0.15) is 5.10 Å². The number of amides is 1. The third-order valence-corrected chi connectivity index (χ3v) is 6.21. The van der Waals surface area contributed by atoms with Crippen LogP contribution < -0.4 is 0 Å². The van der Waals surface area contributed by atoms with Gasteiger partial charge in [0, 0.05) is 18.7 Å². The summed E-state index contributed by atoms with van der Waals surface area (Å²) in [6.45, 7) is 2.67. The fraction of sp³-hybridized carbons (Fsp3) is 0.269. The zero-order chi connectivity index (χ0) is 26.0. The molecule has 1 atom stereocenters. The smallest absolute Gasteiger partial charge is 0.295 e. The monoisotopic (exact) mass is 489 g/mol. The first-order chi connectivity index (χ1) is 17.2. The number of carbonyl (C=O) groups is 2. The summed E-state index contributed by atoms with van der Waals surface area (Å²) in [4.78, 5) is 40.6. The number of benzene rings is 2. The minimum Gasteiger partial charge on any atom is -0.507 e. The summed E-state index contributed by atoms with van der Waals surface area (Å²) in [6.07, 6.45) is 2.03. The van der Waals surface area contributed by atoms with E-state index in [0.29, 0.717) is 29.8 Å². The van der Waals surface area contributed by atoms with E-state index in [0.717, 1.165) is 5.69 Å². The molecule has 1 fully saturated rings. The number of para-hydroxylation sites is 1. The van der Waals surface area contributed by atoms with E-state index in [1.165, 1.54) is 29.3 Å². The number of rotatable bonds is 8. The van der Waals surface area contributed by atoms with E-state index in [2.05, 4.69) is 5.10 Å². The van der Waals surface area contributed by atoms with Crippen LogP contribution in [0.4, 0.5) is 5.69 Å². The molecule has 3 aromatic rings. The van der Waals surface area contributed by atoms with Crippen LogP contribution in [0.1, 0.15) is 29.3 Å². The van der Waals surface area contributed by atoms with Gasteiger partial charge >= 0.3 is 0 Å². The van der Waals surface area contributed by atoms with Crippen molar-refractivity contribution in [1.82, 2.24) is 19.6 Å². The molecule has 1 amide bonds. The lowest BCUT2D eigenvalue weighted by atomic mass is 9.95. The minimum absolute atomic E-state index is 0.110. The first-order valence-corrected chi connectivity index (χ1v) is 11.5. The molecule has 2 aromatic carbocycles. The number of nitrogens with zero attached hydrogens (tertiary/aromatic N) is 5. The number of nitro groups is 1. The van der Waals surface area contributed by atoms with E-state index in [9.17, 15) is 24.8 Å². The minimum atomic E-state index is -0.966. The number of likely N-dealkylation sites (tertiary alicyclic amines) is 1. The third kappa shape index (κ3) is 4.63. The summed E-state index contributed by atoms with van der Waals surface area (Å²) in [5.74, 6) is -1.94. The van der Waals surface area contributed by atoms with E-state index in [1.807, 2.05) is 49.3 Å². The predicted octanol–water partition coefficient (Wildman–Crippen LogP) is 3.46. The number of aliphatic hydroxyl groups excluding tert-OH is 1. The Morgan fingerprint density at radius 1 is 1.14 bits per heavy atom. The highest BCUT2D eigenvalue weighted by atomic mass is 16.6. The molecule has 1 aliphatic rings. The molecule has 0 aliphatic carbocycles. The molecular formula is C26H27N5O5. The van der Waals surface area contributed by atoms with Gasteiger partial charge < -0.3 is 14.9 Å². The van der Waals surface area contributed by atoms with Crippen molar-refractivity contribution >= 4 is 23.1 Å². The zero-order valence-corrected chi connectivity index (χ0v) is 20.3. The molecule has 1 aliphatic heterocycles. The fourth-order valence-electron chi connectivity index (χ4n) is 4.44. The van der Waals surface area contributed by atoms with Crippen molar-refractivity contribution in [2.24, 2.45) is 0 Å². The summed E-state index contributed by atoms with van der Waals surface area (Å²) in [5.41, 5.74) is 1.76. The molecule has 0 unspecified atom stereocenters. The van der Waals surface area contributed by atoms with Gasteiger partial charge in [-0.1, -0.05) is 30.3 Å². The quantitative estimate of drug-likeness (QED) is 0.169. The van der Waals surface area contributed by atoms with Crippen LogP contribution in [0, 0.1) is 17.0 Å². The average Bonchev–Trinajstić information content (AvgIpc) is 3.36. The number of hydrogen-bond donors (Lipinski definition) is 1. The Balaban J connectivity index is 1.84. The maximum absolute atomic E-state index is 13.2. The molecule has 2 heterocycles. The molecule has 0 spiro atoms. The molecule has 1 saturated heterocycles. The van der Waals surface area contributed by atoms with Gasteiger partial charge in [0.15, 0.2) is 0 Å². The Morgan fingerprint density at radius 2 is 1.86 bits per heavy atom. The Bertz CT molecular complexity index is 1350. The van der Waals surface area contributed by atoms with Crippen molar-refractivity contribution in [3.8, 4) is 5.69 Å². The SMILES string of the molecule is Cc1c(/C(O)=C2\C(=O)C(=O)N(CCCN(C)C)[C@H]2c2cccc([N+](=O)[O-])c2)cnn1-c1ccccc1. The summed E-state index contributed by atoms with van der Waals surface area (Å²) in [5, 5.41) is 27.2. The summed E-state index contributed by atoms with van der Waals surface area (Å²) in [7, 11) is 3.80. The number of aromatic nitrogens is 2. The molecule has 1 aromatic heterocycles. The lowest BCUT2D eigenvalue weighted by Crippen LogP contribution is -2.32. The second-order valence-corrected chi connectivity index (χ2v) is 8.89. The lowest BCUT2D eigenvalue weighted by molar-refractivity contribution is -0.384. The molecule has 186 valence electrons. The van der Waals surface area contributed by atoms with Gasteiger partial charge in [0.1, 0.15) is 5.76 Å². The van der Waals surface area contributed by atoms with Gasteiger partial charge in [-0.3, -0.25) is 19.7 Å². The van der Waals surface area contributed by atoms with Gasteiger partial charge in [0.05, 0.1) is 39.7 Å². The van der Waals surface area contributed by atoms with Crippen LogP contribution >= 0.6 is 0 Å². The molecular weight excluding hydrogens is 462 g/mol. The highest BCUT2D eigenvalue weighted by molar-refractivity contribution is 6.46. The van der Waals surface area contributed by atoms with E-state index in [-0.39, 0.29) is 23.6 Å². The van der Waals surface area contributed by atoms with Crippen LogP contribution in [0.3, 0.4) is 0 Å². The molecule has 1 N–H and O–H groups in total. The van der Waals surface area contributed by atoms with Crippen molar-refractivity contribution in [3.63, 3.8) is 0 Å². The van der Waals surface area contributed by atoms with Crippen LogP contribution in [0.5, 0.6) is 0 Å². The maximum Gasteiger partial charge on any atom is 0.295 e. The number of hydrogen-bond acceptors (Lipinski definition) is 7. The highest BCUT2D eigenvalue weighted by Crippen LogP contribution is 2.40. The summed E-state index contributed by atoms with van der Waals surface area (Å²) >= 11 is 0. The Morgan fingerprint density at radius 3 is 2.53 bits per heavy atom. The molecule has 0 bridgehead atoms. The average molecular weight is 490 g/mol. The summed E-state index contributed by atoms with van der Waals surface area (Å²) < 4.78 is 1.63. The van der Waals surface area contributed by atoms with Crippen LogP contribution in [0.2, 0.25) is 0 Å². The van der Waals surface area contributed by atoms with Crippen molar-refractivity contribution in [3.05, 3.63) is 93.3 Å². The Labute approximate surface area is 208 Å². The number of aliphatic hydroxyl groups is 1. The largest absolute Gasteiger partial charge is 0.507 e. The standard InChI is InChI=1S/C26H27N5O5/c1-17-21(16-27-30(17)19-10-5-4-6-11-19)24(32)22-23(18-9-7-12-20(15-18)31(35)36)29(26(34)25(22)33)14-8-13-28(2)3/h4-7,9-12,15-16,23,32H,8,13-14H2,1-3H3/b24-22+/t23-/m0/s1. The van der Waals surface area contributed by atoms with Crippen LogP contribution in [0.25, 0.3) is 11.4 Å². The second-order valence-electron chi connectivity index (χ2n) is 8.89. The molecule has 10 nitrogen and oxygen atoms in total. The van der Waals surface area contributed by atoms with E-state index in [1.54, 1.807) is 17.7 Å². The van der Waals surface area contributed by atoms with Gasteiger partial charge in [0.25, 0.3) is 17.4 Å². The topological polar surface area (TPSA) is 122 Å². The first kappa shape index (κ1) is 24.8. The first-order valence-electron chi connectivity index (χ1n) is 11.5. The Hall–Kier alpha value is -4.31. The van der Waals surface area contributed by atoms with Gasteiger partial charge in [-0.05, 0) is 51.7 Å². The second kappa shape index (κ2) is 10.1. The van der Waals surface area contributed by atoms with Crippen LogP contribution in [0.15, 0.2) is 66.4 Å².